The van der Waals surface area contributed by atoms with Gasteiger partial charge in [-0.05, 0) is 38.5 Å². The van der Waals surface area contributed by atoms with Crippen molar-refractivity contribution < 1.29 is 9.59 Å². The third-order valence-corrected chi connectivity index (χ3v) is 3.97. The normalized spacial score (nSPS) is 32.5. The van der Waals surface area contributed by atoms with Gasteiger partial charge >= 0.3 is 0 Å². The predicted octanol–water partition coefficient (Wildman–Crippen LogP) is -0.626. The smallest absolute Gasteiger partial charge is 0.156 e. The van der Waals surface area contributed by atoms with Crippen LogP contribution in [-0.2, 0) is 9.59 Å². The maximum absolute atomic E-state index is 11.8. The SMILES string of the molecule is NC1CCCC(N)C(=O)CC(=O)CCCCN(N)C(N)C1. The van der Waals surface area contributed by atoms with Gasteiger partial charge in [-0.1, -0.05) is 0 Å². The quantitative estimate of drug-likeness (QED) is 0.345. The molecule has 0 radical (unpaired) electrons. The van der Waals surface area contributed by atoms with E-state index in [1.165, 1.54) is 0 Å². The number of hydrogen-bond acceptors (Lipinski definition) is 7. The molecule has 7 heteroatoms. The fraction of sp³-hybridized carbons (Fsp3) is 0.857. The highest BCUT2D eigenvalue weighted by atomic mass is 16.1. The predicted molar refractivity (Wildman–Crippen MR) is 81.8 cm³/mol. The van der Waals surface area contributed by atoms with Gasteiger partial charge in [-0.25, -0.2) is 5.01 Å². The zero-order chi connectivity index (χ0) is 15.8. The third kappa shape index (κ3) is 7.10. The molecule has 1 fully saturated rings. The van der Waals surface area contributed by atoms with Gasteiger partial charge in [-0.15, -0.1) is 0 Å². The maximum Gasteiger partial charge on any atom is 0.156 e. The van der Waals surface area contributed by atoms with E-state index in [9.17, 15) is 9.59 Å². The first-order chi connectivity index (χ1) is 9.90. The summed E-state index contributed by atoms with van der Waals surface area (Å²) in [5, 5.41) is 1.58. The highest BCUT2D eigenvalue weighted by molar-refractivity contribution is 6.01. The van der Waals surface area contributed by atoms with Crippen LogP contribution in [0.25, 0.3) is 0 Å². The van der Waals surface area contributed by atoms with Crippen LogP contribution in [0, 0.1) is 0 Å². The minimum atomic E-state index is -0.564. The Morgan fingerprint density at radius 1 is 1.00 bits per heavy atom. The lowest BCUT2D eigenvalue weighted by molar-refractivity contribution is -0.127. The Kier molecular flexibility index (Phi) is 7.98. The van der Waals surface area contributed by atoms with E-state index in [0.717, 1.165) is 19.3 Å². The van der Waals surface area contributed by atoms with Crippen molar-refractivity contribution in [2.45, 2.75) is 69.6 Å². The third-order valence-electron chi connectivity index (χ3n) is 3.97. The van der Waals surface area contributed by atoms with Gasteiger partial charge in [0.1, 0.15) is 5.78 Å². The summed E-state index contributed by atoms with van der Waals surface area (Å²) in [4.78, 5) is 23.5. The fourth-order valence-electron chi connectivity index (χ4n) is 2.52. The minimum Gasteiger partial charge on any atom is -0.328 e. The van der Waals surface area contributed by atoms with Crippen molar-refractivity contribution in [2.75, 3.05) is 6.54 Å². The molecule has 0 aromatic rings. The number of hydrogen-bond donors (Lipinski definition) is 4. The minimum absolute atomic E-state index is 0.0464. The second kappa shape index (κ2) is 9.22. The molecule has 0 aromatic carbocycles. The highest BCUT2D eigenvalue weighted by Crippen LogP contribution is 2.11. The summed E-state index contributed by atoms with van der Waals surface area (Å²) in [5.41, 5.74) is 17.9. The summed E-state index contributed by atoms with van der Waals surface area (Å²) in [7, 11) is 0. The molecule has 1 saturated heterocycles. The Morgan fingerprint density at radius 2 is 1.71 bits per heavy atom. The summed E-state index contributed by atoms with van der Waals surface area (Å²) in [6.07, 6.45) is 4.19. The summed E-state index contributed by atoms with van der Waals surface area (Å²) < 4.78 is 0. The van der Waals surface area contributed by atoms with Crippen LogP contribution in [-0.4, -0.2) is 41.4 Å². The van der Waals surface area contributed by atoms with Crippen molar-refractivity contribution in [3.63, 3.8) is 0 Å². The molecule has 21 heavy (non-hydrogen) atoms. The van der Waals surface area contributed by atoms with Crippen LogP contribution in [0.4, 0.5) is 0 Å². The van der Waals surface area contributed by atoms with E-state index in [1.807, 2.05) is 0 Å². The monoisotopic (exact) mass is 299 g/mol. The number of Topliss-reactive ketones (excluding diaryl/α,β-unsaturated/α-hetero) is 2. The molecule has 8 N–H and O–H groups in total. The van der Waals surface area contributed by atoms with E-state index < -0.39 is 6.04 Å². The number of ketones is 2. The van der Waals surface area contributed by atoms with Crippen LogP contribution >= 0.6 is 0 Å². The lowest BCUT2D eigenvalue weighted by Gasteiger charge is -2.26. The van der Waals surface area contributed by atoms with Crippen LogP contribution in [0.2, 0.25) is 0 Å². The van der Waals surface area contributed by atoms with E-state index >= 15 is 0 Å². The summed E-state index contributed by atoms with van der Waals surface area (Å²) >= 11 is 0. The number of hydrazine groups is 1. The molecular weight excluding hydrogens is 270 g/mol. The van der Waals surface area contributed by atoms with Crippen molar-refractivity contribution in [2.24, 2.45) is 23.0 Å². The zero-order valence-electron chi connectivity index (χ0n) is 12.7. The van der Waals surface area contributed by atoms with Gasteiger partial charge in [0.25, 0.3) is 0 Å². The van der Waals surface area contributed by atoms with Crippen LogP contribution in [0.3, 0.4) is 0 Å². The fourth-order valence-corrected chi connectivity index (χ4v) is 2.52. The standard InChI is InChI=1S/C14H29N5O2/c15-10-4-3-6-12(16)13(21)9-11(20)5-1-2-7-19(18)14(17)8-10/h10,12,14H,1-9,15-18H2. The number of carbonyl (C=O) groups is 2. The van der Waals surface area contributed by atoms with Crippen LogP contribution in [0.5, 0.6) is 0 Å². The van der Waals surface area contributed by atoms with Gasteiger partial charge in [-0.3, -0.25) is 15.4 Å². The molecule has 3 unspecified atom stereocenters. The number of nitrogens with zero attached hydrogens (tertiary/aromatic N) is 1. The maximum atomic E-state index is 11.8. The first-order valence-electron chi connectivity index (χ1n) is 7.72. The van der Waals surface area contributed by atoms with Gasteiger partial charge in [0.05, 0.1) is 18.6 Å². The molecule has 1 aliphatic rings. The number of nitrogens with two attached hydrogens (primary N) is 4. The van der Waals surface area contributed by atoms with Gasteiger partial charge in [0, 0.05) is 19.0 Å². The van der Waals surface area contributed by atoms with Crippen molar-refractivity contribution in [3.8, 4) is 0 Å². The molecule has 0 bridgehead atoms. The first-order valence-corrected chi connectivity index (χ1v) is 7.72. The number of rotatable bonds is 0. The van der Waals surface area contributed by atoms with Gasteiger partial charge in [0.2, 0.25) is 0 Å². The molecule has 0 aliphatic carbocycles. The highest BCUT2D eigenvalue weighted by Gasteiger charge is 2.19. The summed E-state index contributed by atoms with van der Waals surface area (Å²) in [6.45, 7) is 0.620. The van der Waals surface area contributed by atoms with Gasteiger partial charge in [0.15, 0.2) is 5.78 Å². The van der Waals surface area contributed by atoms with Crippen molar-refractivity contribution >= 4 is 11.6 Å². The van der Waals surface area contributed by atoms with Crippen LogP contribution in [0.15, 0.2) is 0 Å². The Morgan fingerprint density at radius 3 is 2.43 bits per heavy atom. The zero-order valence-corrected chi connectivity index (χ0v) is 12.7. The first kappa shape index (κ1) is 18.2. The van der Waals surface area contributed by atoms with Gasteiger partial charge < -0.3 is 17.2 Å². The molecule has 7 nitrogen and oxygen atoms in total. The Balaban J connectivity index is 2.58. The molecule has 0 saturated carbocycles. The molecule has 122 valence electrons. The Hall–Kier alpha value is -0.860. The molecule has 1 rings (SSSR count). The van der Waals surface area contributed by atoms with Crippen molar-refractivity contribution in [3.05, 3.63) is 0 Å². The van der Waals surface area contributed by atoms with E-state index in [2.05, 4.69) is 0 Å². The molecule has 3 atom stereocenters. The van der Waals surface area contributed by atoms with E-state index in [-0.39, 0.29) is 30.2 Å². The Bertz CT molecular complexity index is 350. The Labute approximate surface area is 126 Å². The van der Waals surface area contributed by atoms with E-state index in [0.29, 0.717) is 32.2 Å². The largest absolute Gasteiger partial charge is 0.328 e. The molecule has 1 aliphatic heterocycles. The van der Waals surface area contributed by atoms with Gasteiger partial charge in [-0.2, -0.15) is 0 Å². The second-order valence-corrected chi connectivity index (χ2v) is 5.98. The summed E-state index contributed by atoms with van der Waals surface area (Å²) in [5.74, 6) is 5.68. The van der Waals surface area contributed by atoms with Crippen LogP contribution < -0.4 is 23.0 Å². The molecule has 0 spiro atoms. The second-order valence-electron chi connectivity index (χ2n) is 5.98. The van der Waals surface area contributed by atoms with E-state index in [4.69, 9.17) is 23.0 Å². The molecular formula is C14H29N5O2. The van der Waals surface area contributed by atoms with Crippen LogP contribution in [0.1, 0.15) is 51.4 Å². The molecule has 0 amide bonds. The lowest BCUT2D eigenvalue weighted by atomic mass is 9.98. The topological polar surface area (TPSA) is 141 Å². The molecule has 0 aromatic heterocycles. The number of carbonyl (C=O) groups excluding carboxylic acids is 2. The van der Waals surface area contributed by atoms with Crippen molar-refractivity contribution in [1.82, 2.24) is 5.01 Å². The lowest BCUT2D eigenvalue weighted by Crippen LogP contribution is -2.49. The average Bonchev–Trinajstić information content (AvgIpc) is 2.42. The molecule has 1 heterocycles. The average molecular weight is 299 g/mol. The van der Waals surface area contributed by atoms with Crippen molar-refractivity contribution in [1.29, 1.82) is 0 Å². The summed E-state index contributed by atoms with van der Waals surface area (Å²) in [6, 6.07) is -0.619. The van der Waals surface area contributed by atoms with E-state index in [1.54, 1.807) is 5.01 Å².